The molecule has 0 aliphatic heterocycles. The molecule has 1 aliphatic carbocycles. The maximum atomic E-state index is 10.7. The number of hydrogen-bond acceptors (Lipinski definition) is 2. The van der Waals surface area contributed by atoms with Gasteiger partial charge in [-0.2, -0.15) is 0 Å². The Labute approximate surface area is 71.7 Å². The second kappa shape index (κ2) is 3.27. The predicted octanol–water partition coefficient (Wildman–Crippen LogP) is 1.18. The van der Waals surface area contributed by atoms with Gasteiger partial charge in [-0.1, -0.05) is 12.5 Å². The van der Waals surface area contributed by atoms with E-state index in [-0.39, 0.29) is 5.92 Å². The first-order valence-electron chi connectivity index (χ1n) is 4.19. The van der Waals surface area contributed by atoms with Crippen LogP contribution < -0.4 is 0 Å². The summed E-state index contributed by atoms with van der Waals surface area (Å²) < 4.78 is 0. The molecule has 1 saturated carbocycles. The highest BCUT2D eigenvalue weighted by atomic mass is 16.4. The third-order valence-corrected chi connectivity index (χ3v) is 2.59. The molecule has 2 unspecified atom stereocenters. The number of hydrogen-bond donors (Lipinski definition) is 2. The van der Waals surface area contributed by atoms with Gasteiger partial charge in [0.25, 0.3) is 0 Å². The average Bonchev–Trinajstić information content (AvgIpc) is 2.05. The summed E-state index contributed by atoms with van der Waals surface area (Å²) in [5.41, 5.74) is -1.56. The molecule has 2 atom stereocenters. The number of carboxylic acids is 1. The summed E-state index contributed by atoms with van der Waals surface area (Å²) in [7, 11) is 0. The predicted molar refractivity (Wildman–Crippen MR) is 44.7 cm³/mol. The molecule has 0 aromatic carbocycles. The third-order valence-electron chi connectivity index (χ3n) is 2.59. The molecule has 0 aromatic heterocycles. The van der Waals surface area contributed by atoms with Gasteiger partial charge in [0, 0.05) is 5.92 Å². The van der Waals surface area contributed by atoms with Gasteiger partial charge in [-0.3, -0.25) is 0 Å². The fourth-order valence-corrected chi connectivity index (χ4v) is 1.76. The maximum absolute atomic E-state index is 10.7. The molecule has 3 heteroatoms. The number of carboxylic acid groups (broad SMARTS) is 1. The van der Waals surface area contributed by atoms with Gasteiger partial charge in [0.05, 0.1) is 0 Å². The number of carbonyl (C=O) groups is 1. The zero-order valence-corrected chi connectivity index (χ0v) is 6.99. The van der Waals surface area contributed by atoms with Crippen molar-refractivity contribution in [3.8, 4) is 0 Å². The van der Waals surface area contributed by atoms with Crippen LogP contribution in [0.25, 0.3) is 0 Å². The SMILES string of the molecule is C=CC1CCCCC1(O)C(=O)O. The number of rotatable bonds is 2. The summed E-state index contributed by atoms with van der Waals surface area (Å²) in [6.45, 7) is 3.54. The number of aliphatic hydroxyl groups is 1. The Morgan fingerprint density at radius 3 is 2.67 bits per heavy atom. The van der Waals surface area contributed by atoms with Crippen LogP contribution in [-0.2, 0) is 4.79 Å². The van der Waals surface area contributed by atoms with Gasteiger partial charge >= 0.3 is 5.97 Å². The van der Waals surface area contributed by atoms with Crippen molar-refractivity contribution >= 4 is 5.97 Å². The summed E-state index contributed by atoms with van der Waals surface area (Å²) in [4.78, 5) is 10.7. The van der Waals surface area contributed by atoms with Crippen LogP contribution in [0.2, 0.25) is 0 Å². The fraction of sp³-hybridized carbons (Fsp3) is 0.667. The Hall–Kier alpha value is -0.830. The smallest absolute Gasteiger partial charge is 0.336 e. The molecule has 0 saturated heterocycles. The van der Waals surface area contributed by atoms with Gasteiger partial charge in [-0.15, -0.1) is 6.58 Å². The Balaban J connectivity index is 2.82. The highest BCUT2D eigenvalue weighted by molar-refractivity contribution is 5.78. The van der Waals surface area contributed by atoms with E-state index in [2.05, 4.69) is 6.58 Å². The summed E-state index contributed by atoms with van der Waals surface area (Å²) in [5, 5.41) is 18.5. The van der Waals surface area contributed by atoms with Crippen molar-refractivity contribution in [2.75, 3.05) is 0 Å². The molecule has 3 nitrogen and oxygen atoms in total. The van der Waals surface area contributed by atoms with Gasteiger partial charge in [0.15, 0.2) is 5.60 Å². The second-order valence-corrected chi connectivity index (χ2v) is 3.32. The largest absolute Gasteiger partial charge is 0.479 e. The topological polar surface area (TPSA) is 57.5 Å². The van der Waals surface area contributed by atoms with E-state index in [4.69, 9.17) is 5.11 Å². The van der Waals surface area contributed by atoms with Crippen LogP contribution in [0, 0.1) is 5.92 Å². The summed E-state index contributed by atoms with van der Waals surface area (Å²) in [6.07, 6.45) is 4.39. The van der Waals surface area contributed by atoms with E-state index < -0.39 is 11.6 Å². The van der Waals surface area contributed by atoms with E-state index in [0.717, 1.165) is 19.3 Å². The van der Waals surface area contributed by atoms with E-state index in [1.54, 1.807) is 6.08 Å². The minimum Gasteiger partial charge on any atom is -0.479 e. The summed E-state index contributed by atoms with van der Waals surface area (Å²) in [6, 6.07) is 0. The second-order valence-electron chi connectivity index (χ2n) is 3.32. The molecule has 12 heavy (non-hydrogen) atoms. The normalized spacial score (nSPS) is 35.9. The molecule has 0 bridgehead atoms. The highest BCUT2D eigenvalue weighted by Crippen LogP contribution is 2.34. The Morgan fingerprint density at radius 2 is 2.25 bits per heavy atom. The number of aliphatic carboxylic acids is 1. The first-order valence-corrected chi connectivity index (χ1v) is 4.19. The lowest BCUT2D eigenvalue weighted by Crippen LogP contribution is -2.47. The van der Waals surface area contributed by atoms with Crippen LogP contribution in [-0.4, -0.2) is 21.8 Å². The van der Waals surface area contributed by atoms with E-state index in [9.17, 15) is 9.90 Å². The Bertz CT molecular complexity index is 200. The van der Waals surface area contributed by atoms with Crippen molar-refractivity contribution in [2.45, 2.75) is 31.3 Å². The van der Waals surface area contributed by atoms with Crippen molar-refractivity contribution in [3.63, 3.8) is 0 Å². The standard InChI is InChI=1S/C9H14O3/c1-2-7-5-3-4-6-9(7,12)8(10)11/h2,7,12H,1,3-6H2,(H,10,11). The molecular formula is C9H14O3. The molecule has 0 spiro atoms. The van der Waals surface area contributed by atoms with Crippen LogP contribution >= 0.6 is 0 Å². The van der Waals surface area contributed by atoms with Crippen molar-refractivity contribution in [3.05, 3.63) is 12.7 Å². The highest BCUT2D eigenvalue weighted by Gasteiger charge is 2.43. The zero-order chi connectivity index (χ0) is 9.19. The Morgan fingerprint density at radius 1 is 1.58 bits per heavy atom. The summed E-state index contributed by atoms with van der Waals surface area (Å²) in [5.74, 6) is -1.41. The first kappa shape index (κ1) is 9.26. The van der Waals surface area contributed by atoms with Gasteiger partial charge in [0.2, 0.25) is 0 Å². The molecule has 1 rings (SSSR count). The minimum absolute atomic E-state index is 0.288. The molecular weight excluding hydrogens is 156 g/mol. The van der Waals surface area contributed by atoms with Gasteiger partial charge in [-0.05, 0) is 19.3 Å². The first-order chi connectivity index (χ1) is 5.61. The third kappa shape index (κ3) is 1.37. The fourth-order valence-electron chi connectivity index (χ4n) is 1.76. The van der Waals surface area contributed by atoms with Crippen LogP contribution in [0.1, 0.15) is 25.7 Å². The van der Waals surface area contributed by atoms with Crippen molar-refractivity contribution in [1.29, 1.82) is 0 Å². The Kier molecular flexibility index (Phi) is 2.52. The summed E-state index contributed by atoms with van der Waals surface area (Å²) >= 11 is 0. The molecule has 0 amide bonds. The van der Waals surface area contributed by atoms with Crippen molar-refractivity contribution in [1.82, 2.24) is 0 Å². The van der Waals surface area contributed by atoms with Gasteiger partial charge in [-0.25, -0.2) is 4.79 Å². The molecule has 1 fully saturated rings. The molecule has 0 aromatic rings. The lowest BCUT2D eigenvalue weighted by Gasteiger charge is -2.34. The van der Waals surface area contributed by atoms with E-state index in [1.165, 1.54) is 0 Å². The maximum Gasteiger partial charge on any atom is 0.336 e. The van der Waals surface area contributed by atoms with Crippen LogP contribution in [0.5, 0.6) is 0 Å². The van der Waals surface area contributed by atoms with Crippen molar-refractivity contribution in [2.24, 2.45) is 5.92 Å². The van der Waals surface area contributed by atoms with Crippen LogP contribution in [0.15, 0.2) is 12.7 Å². The van der Waals surface area contributed by atoms with E-state index in [0.29, 0.717) is 6.42 Å². The van der Waals surface area contributed by atoms with Crippen LogP contribution in [0.3, 0.4) is 0 Å². The van der Waals surface area contributed by atoms with Crippen molar-refractivity contribution < 1.29 is 15.0 Å². The van der Waals surface area contributed by atoms with Crippen LogP contribution in [0.4, 0.5) is 0 Å². The van der Waals surface area contributed by atoms with E-state index >= 15 is 0 Å². The molecule has 0 radical (unpaired) electrons. The average molecular weight is 170 g/mol. The molecule has 68 valence electrons. The lowest BCUT2D eigenvalue weighted by atomic mass is 9.75. The van der Waals surface area contributed by atoms with Gasteiger partial charge < -0.3 is 10.2 Å². The zero-order valence-electron chi connectivity index (χ0n) is 6.99. The van der Waals surface area contributed by atoms with E-state index in [1.807, 2.05) is 0 Å². The quantitative estimate of drug-likeness (QED) is 0.612. The molecule has 0 heterocycles. The lowest BCUT2D eigenvalue weighted by molar-refractivity contribution is -0.166. The molecule has 2 N–H and O–H groups in total. The van der Waals surface area contributed by atoms with Gasteiger partial charge in [0.1, 0.15) is 0 Å². The monoisotopic (exact) mass is 170 g/mol. The minimum atomic E-state index is -1.56. The molecule has 1 aliphatic rings.